The summed E-state index contributed by atoms with van der Waals surface area (Å²) in [5.74, 6) is 0.148. The van der Waals surface area contributed by atoms with Crippen LogP contribution in [0.15, 0.2) is 23.1 Å². The molecule has 1 aliphatic carbocycles. The molecule has 1 unspecified atom stereocenters. The lowest BCUT2D eigenvalue weighted by molar-refractivity contribution is 0.356. The SMILES string of the molecule is Cc1cc(F)ccc1S(=O)(=O)N1CCCC1C1CC1. The standard InChI is InChI=1S/C14H18FNO2S/c1-10-9-12(15)6-7-14(10)19(17,18)16-8-2-3-13(16)11-4-5-11/h6-7,9,11,13H,2-5,8H2,1H3. The van der Waals surface area contributed by atoms with Gasteiger partial charge in [0, 0.05) is 12.6 Å². The predicted octanol–water partition coefficient (Wildman–Crippen LogP) is 2.70. The van der Waals surface area contributed by atoms with E-state index in [0.29, 0.717) is 18.0 Å². The molecular weight excluding hydrogens is 265 g/mol. The Morgan fingerprint density at radius 2 is 2.00 bits per heavy atom. The van der Waals surface area contributed by atoms with Crippen LogP contribution in [-0.2, 0) is 10.0 Å². The van der Waals surface area contributed by atoms with Gasteiger partial charge in [0.1, 0.15) is 5.82 Å². The summed E-state index contributed by atoms with van der Waals surface area (Å²) in [6.45, 7) is 2.25. The molecule has 19 heavy (non-hydrogen) atoms. The highest BCUT2D eigenvalue weighted by Crippen LogP contribution is 2.42. The molecule has 1 heterocycles. The van der Waals surface area contributed by atoms with Crippen molar-refractivity contribution >= 4 is 10.0 Å². The normalized spacial score (nSPS) is 24.8. The number of sulfonamides is 1. The van der Waals surface area contributed by atoms with Crippen molar-refractivity contribution in [3.8, 4) is 0 Å². The third kappa shape index (κ3) is 2.30. The van der Waals surface area contributed by atoms with Crippen molar-refractivity contribution in [3.05, 3.63) is 29.6 Å². The molecule has 0 bridgehead atoms. The second kappa shape index (κ2) is 4.56. The highest BCUT2D eigenvalue weighted by Gasteiger charge is 2.43. The van der Waals surface area contributed by atoms with Gasteiger partial charge < -0.3 is 0 Å². The Kier molecular flexibility index (Phi) is 3.14. The van der Waals surface area contributed by atoms with Crippen molar-refractivity contribution in [1.82, 2.24) is 4.31 Å². The molecule has 0 amide bonds. The van der Waals surface area contributed by atoms with E-state index in [-0.39, 0.29) is 10.9 Å². The van der Waals surface area contributed by atoms with Gasteiger partial charge in [-0.1, -0.05) is 0 Å². The lowest BCUT2D eigenvalue weighted by Crippen LogP contribution is -2.37. The van der Waals surface area contributed by atoms with Crippen LogP contribution in [0.3, 0.4) is 0 Å². The van der Waals surface area contributed by atoms with E-state index in [9.17, 15) is 12.8 Å². The number of aryl methyl sites for hydroxylation is 1. The molecule has 1 aliphatic heterocycles. The van der Waals surface area contributed by atoms with Crippen LogP contribution in [0.2, 0.25) is 0 Å². The summed E-state index contributed by atoms with van der Waals surface area (Å²) in [7, 11) is -3.47. The topological polar surface area (TPSA) is 37.4 Å². The summed E-state index contributed by atoms with van der Waals surface area (Å²) in [6, 6.07) is 4.06. The minimum Gasteiger partial charge on any atom is -0.207 e. The first kappa shape index (κ1) is 13.1. The fourth-order valence-corrected chi connectivity index (χ4v) is 5.01. The molecule has 0 aromatic heterocycles. The van der Waals surface area contributed by atoms with E-state index in [1.54, 1.807) is 11.2 Å². The molecule has 1 atom stereocenters. The summed E-state index contributed by atoms with van der Waals surface area (Å²) in [4.78, 5) is 0.251. The van der Waals surface area contributed by atoms with E-state index < -0.39 is 15.8 Å². The smallest absolute Gasteiger partial charge is 0.207 e. The largest absolute Gasteiger partial charge is 0.243 e. The number of benzene rings is 1. The van der Waals surface area contributed by atoms with Crippen molar-refractivity contribution in [2.75, 3.05) is 6.54 Å². The Hall–Kier alpha value is -0.940. The van der Waals surface area contributed by atoms with Gasteiger partial charge in [-0.2, -0.15) is 4.31 Å². The average Bonchev–Trinajstić information content (AvgIpc) is 3.05. The molecule has 1 saturated heterocycles. The first-order valence-electron chi connectivity index (χ1n) is 6.78. The molecule has 0 N–H and O–H groups in total. The maximum Gasteiger partial charge on any atom is 0.243 e. The average molecular weight is 283 g/mol. The molecule has 0 radical (unpaired) electrons. The van der Waals surface area contributed by atoms with Gasteiger partial charge in [0.25, 0.3) is 0 Å². The van der Waals surface area contributed by atoms with Crippen LogP contribution >= 0.6 is 0 Å². The maximum atomic E-state index is 13.1. The zero-order chi connectivity index (χ0) is 13.6. The Morgan fingerprint density at radius 3 is 2.63 bits per heavy atom. The Balaban J connectivity index is 1.97. The summed E-state index contributed by atoms with van der Waals surface area (Å²) < 4.78 is 40.2. The van der Waals surface area contributed by atoms with Crippen LogP contribution < -0.4 is 0 Å². The second-order valence-electron chi connectivity index (χ2n) is 5.57. The van der Waals surface area contributed by atoms with E-state index >= 15 is 0 Å². The van der Waals surface area contributed by atoms with Crippen molar-refractivity contribution in [2.24, 2.45) is 5.92 Å². The van der Waals surface area contributed by atoms with Gasteiger partial charge in [0.05, 0.1) is 4.90 Å². The highest BCUT2D eigenvalue weighted by atomic mass is 32.2. The molecule has 1 aromatic carbocycles. The number of nitrogens with zero attached hydrogens (tertiary/aromatic N) is 1. The Bertz CT molecular complexity index is 595. The number of halogens is 1. The third-order valence-electron chi connectivity index (χ3n) is 4.14. The summed E-state index contributed by atoms with van der Waals surface area (Å²) in [5.41, 5.74) is 0.487. The van der Waals surface area contributed by atoms with Crippen molar-refractivity contribution in [2.45, 2.75) is 43.5 Å². The summed E-state index contributed by atoms with van der Waals surface area (Å²) >= 11 is 0. The van der Waals surface area contributed by atoms with Crippen LogP contribution in [0, 0.1) is 18.7 Å². The van der Waals surface area contributed by atoms with Crippen molar-refractivity contribution < 1.29 is 12.8 Å². The first-order valence-corrected chi connectivity index (χ1v) is 8.22. The summed E-state index contributed by atoms with van der Waals surface area (Å²) in [5, 5.41) is 0. The molecule has 2 aliphatic rings. The fraction of sp³-hybridized carbons (Fsp3) is 0.571. The number of rotatable bonds is 3. The van der Waals surface area contributed by atoms with Gasteiger partial charge in [0.2, 0.25) is 10.0 Å². The molecule has 5 heteroatoms. The molecule has 3 rings (SSSR count). The van der Waals surface area contributed by atoms with Crippen molar-refractivity contribution in [3.63, 3.8) is 0 Å². The van der Waals surface area contributed by atoms with Gasteiger partial charge in [-0.05, 0) is 62.3 Å². The van der Waals surface area contributed by atoms with Crippen LogP contribution in [0.4, 0.5) is 4.39 Å². The quantitative estimate of drug-likeness (QED) is 0.855. The maximum absolute atomic E-state index is 13.1. The number of hydrogen-bond donors (Lipinski definition) is 0. The van der Waals surface area contributed by atoms with Gasteiger partial charge in [-0.25, -0.2) is 12.8 Å². The number of hydrogen-bond acceptors (Lipinski definition) is 2. The van der Waals surface area contributed by atoms with Crippen LogP contribution in [0.1, 0.15) is 31.2 Å². The van der Waals surface area contributed by atoms with Crippen LogP contribution in [-0.4, -0.2) is 25.3 Å². The minimum atomic E-state index is -3.47. The highest BCUT2D eigenvalue weighted by molar-refractivity contribution is 7.89. The third-order valence-corrected chi connectivity index (χ3v) is 6.22. The van der Waals surface area contributed by atoms with Crippen LogP contribution in [0.25, 0.3) is 0 Å². The molecule has 3 nitrogen and oxygen atoms in total. The Labute approximate surface area is 113 Å². The van der Waals surface area contributed by atoms with Gasteiger partial charge in [0.15, 0.2) is 0 Å². The van der Waals surface area contributed by atoms with E-state index in [0.717, 1.165) is 25.7 Å². The van der Waals surface area contributed by atoms with Crippen LogP contribution in [0.5, 0.6) is 0 Å². The molecule has 104 valence electrons. The zero-order valence-electron chi connectivity index (χ0n) is 11.0. The first-order chi connectivity index (χ1) is 9.00. The molecule has 1 aromatic rings. The van der Waals surface area contributed by atoms with E-state index in [1.807, 2.05) is 0 Å². The van der Waals surface area contributed by atoms with E-state index in [2.05, 4.69) is 0 Å². The molecule has 0 spiro atoms. The zero-order valence-corrected chi connectivity index (χ0v) is 11.8. The lowest BCUT2D eigenvalue weighted by atomic mass is 10.1. The van der Waals surface area contributed by atoms with E-state index in [4.69, 9.17) is 0 Å². The molecule has 2 fully saturated rings. The second-order valence-corrected chi connectivity index (χ2v) is 7.43. The lowest BCUT2D eigenvalue weighted by Gasteiger charge is -2.24. The summed E-state index contributed by atoms with van der Waals surface area (Å²) in [6.07, 6.45) is 4.17. The van der Waals surface area contributed by atoms with Gasteiger partial charge in [-0.15, -0.1) is 0 Å². The molecular formula is C14H18FNO2S. The fourth-order valence-electron chi connectivity index (χ4n) is 3.04. The monoisotopic (exact) mass is 283 g/mol. The Morgan fingerprint density at radius 1 is 1.26 bits per heavy atom. The van der Waals surface area contributed by atoms with Gasteiger partial charge >= 0.3 is 0 Å². The van der Waals surface area contributed by atoms with Crippen molar-refractivity contribution in [1.29, 1.82) is 0 Å². The molecule has 1 saturated carbocycles. The minimum absolute atomic E-state index is 0.162. The predicted molar refractivity (Wildman–Crippen MR) is 70.8 cm³/mol. The van der Waals surface area contributed by atoms with E-state index in [1.165, 1.54) is 18.2 Å². The van der Waals surface area contributed by atoms with Gasteiger partial charge in [-0.3, -0.25) is 0 Å².